The van der Waals surface area contributed by atoms with E-state index in [1.165, 1.54) is 0 Å². The van der Waals surface area contributed by atoms with Crippen molar-refractivity contribution < 1.29 is 0 Å². The first kappa shape index (κ1) is 13.5. The van der Waals surface area contributed by atoms with E-state index in [4.69, 9.17) is 0 Å². The minimum atomic E-state index is 0.893. The van der Waals surface area contributed by atoms with Crippen LogP contribution in [0.2, 0.25) is 0 Å². The van der Waals surface area contributed by atoms with Gasteiger partial charge in [-0.15, -0.1) is 21.5 Å². The fraction of sp³-hybridized carbons (Fsp3) is 0.333. The maximum atomic E-state index is 4.27. The molecule has 0 bridgehead atoms. The molecule has 2 aromatic rings. The molecule has 18 heavy (non-hydrogen) atoms. The lowest BCUT2D eigenvalue weighted by atomic mass is 10.3. The zero-order valence-corrected chi connectivity index (χ0v) is 12.8. The lowest BCUT2D eigenvalue weighted by molar-refractivity contribution is 0.756. The monoisotopic (exact) mass is 326 g/mol. The van der Waals surface area contributed by atoms with Crippen LogP contribution in [0, 0.1) is 0 Å². The van der Waals surface area contributed by atoms with Crippen molar-refractivity contribution in [3.8, 4) is 10.6 Å². The molecule has 2 heterocycles. The van der Waals surface area contributed by atoms with Crippen LogP contribution in [0.25, 0.3) is 10.6 Å². The van der Waals surface area contributed by atoms with Gasteiger partial charge >= 0.3 is 0 Å². The Bertz CT molecular complexity index is 497. The lowest BCUT2D eigenvalue weighted by Gasteiger charge is -2.16. The third-order valence-corrected chi connectivity index (χ3v) is 4.21. The third kappa shape index (κ3) is 3.28. The summed E-state index contributed by atoms with van der Waals surface area (Å²) >= 11 is 5.11. The summed E-state index contributed by atoms with van der Waals surface area (Å²) in [5, 5.41) is 11.6. The minimum absolute atomic E-state index is 0.893. The molecule has 2 aromatic heterocycles. The summed E-state index contributed by atoms with van der Waals surface area (Å²) in [6.07, 6.45) is 0. The molecular formula is C12H15BrN4S. The Labute approximate surface area is 119 Å². The molecule has 1 N–H and O–H groups in total. The highest BCUT2D eigenvalue weighted by molar-refractivity contribution is 9.11. The highest BCUT2D eigenvalue weighted by atomic mass is 79.9. The molecule has 96 valence electrons. The van der Waals surface area contributed by atoms with E-state index in [-0.39, 0.29) is 0 Å². The number of thiophene rings is 1. The molecule has 0 fully saturated rings. The van der Waals surface area contributed by atoms with Crippen molar-refractivity contribution in [3.63, 3.8) is 0 Å². The van der Waals surface area contributed by atoms with E-state index in [2.05, 4.69) is 36.3 Å². The molecule has 2 rings (SSSR count). The van der Waals surface area contributed by atoms with Crippen LogP contribution in [0.3, 0.4) is 0 Å². The average molecular weight is 327 g/mol. The van der Waals surface area contributed by atoms with Gasteiger partial charge in [0.25, 0.3) is 0 Å². The van der Waals surface area contributed by atoms with Crippen LogP contribution in [0.1, 0.15) is 0 Å². The smallest absolute Gasteiger partial charge is 0.151 e. The molecule has 0 radical (unpaired) electrons. The Morgan fingerprint density at radius 1 is 1.28 bits per heavy atom. The van der Waals surface area contributed by atoms with Crippen LogP contribution >= 0.6 is 27.3 Å². The zero-order valence-electron chi connectivity index (χ0n) is 10.4. The van der Waals surface area contributed by atoms with Gasteiger partial charge in [-0.2, -0.15) is 0 Å². The van der Waals surface area contributed by atoms with Gasteiger partial charge < -0.3 is 10.2 Å². The summed E-state index contributed by atoms with van der Waals surface area (Å²) in [5.41, 5.74) is 0.913. The van der Waals surface area contributed by atoms with E-state index in [0.717, 1.165) is 33.3 Å². The van der Waals surface area contributed by atoms with Crippen molar-refractivity contribution in [2.45, 2.75) is 0 Å². The quantitative estimate of drug-likeness (QED) is 0.917. The molecule has 0 aliphatic carbocycles. The van der Waals surface area contributed by atoms with Gasteiger partial charge in [0.15, 0.2) is 5.82 Å². The molecule has 0 aliphatic rings. The maximum absolute atomic E-state index is 4.27. The van der Waals surface area contributed by atoms with Crippen molar-refractivity contribution in [3.05, 3.63) is 28.1 Å². The molecular weight excluding hydrogens is 312 g/mol. The highest BCUT2D eigenvalue weighted by Gasteiger charge is 2.06. The van der Waals surface area contributed by atoms with Gasteiger partial charge in [0.2, 0.25) is 0 Å². The molecule has 0 amide bonds. The molecule has 0 saturated heterocycles. The van der Waals surface area contributed by atoms with Gasteiger partial charge in [0.1, 0.15) is 5.69 Å². The van der Waals surface area contributed by atoms with Gasteiger partial charge in [-0.05, 0) is 47.2 Å². The number of nitrogens with zero attached hydrogens (tertiary/aromatic N) is 3. The summed E-state index contributed by atoms with van der Waals surface area (Å²) in [4.78, 5) is 3.20. The standard InChI is InChI=1S/C12H15BrN4S/c1-14-7-8-17(2)12-6-3-9(15-16-12)10-4-5-11(13)18-10/h3-6,14H,7-8H2,1-2H3. The van der Waals surface area contributed by atoms with Crippen LogP contribution in [0.4, 0.5) is 5.82 Å². The minimum Gasteiger partial charge on any atom is -0.357 e. The Hall–Kier alpha value is -0.980. The normalized spacial score (nSPS) is 10.6. The summed E-state index contributed by atoms with van der Waals surface area (Å²) in [5.74, 6) is 0.893. The number of aromatic nitrogens is 2. The maximum Gasteiger partial charge on any atom is 0.151 e. The number of hydrogen-bond donors (Lipinski definition) is 1. The van der Waals surface area contributed by atoms with Gasteiger partial charge in [-0.25, -0.2) is 0 Å². The number of rotatable bonds is 5. The van der Waals surface area contributed by atoms with Crippen LogP contribution in [0.5, 0.6) is 0 Å². The Kier molecular flexibility index (Phi) is 4.68. The predicted octanol–water partition coefficient (Wildman–Crippen LogP) is 2.62. The highest BCUT2D eigenvalue weighted by Crippen LogP contribution is 2.29. The van der Waals surface area contributed by atoms with Gasteiger partial charge in [0, 0.05) is 20.1 Å². The number of halogens is 1. The first-order chi connectivity index (χ1) is 8.70. The van der Waals surface area contributed by atoms with E-state index >= 15 is 0 Å². The second kappa shape index (κ2) is 6.26. The molecule has 0 aromatic carbocycles. The van der Waals surface area contributed by atoms with Gasteiger partial charge in [-0.3, -0.25) is 0 Å². The van der Waals surface area contributed by atoms with E-state index in [0.29, 0.717) is 0 Å². The largest absolute Gasteiger partial charge is 0.357 e. The Balaban J connectivity index is 2.10. The molecule has 0 aliphatic heterocycles. The molecule has 0 saturated carbocycles. The second-order valence-corrected chi connectivity index (χ2v) is 6.37. The van der Waals surface area contributed by atoms with Crippen molar-refractivity contribution in [1.82, 2.24) is 15.5 Å². The summed E-state index contributed by atoms with van der Waals surface area (Å²) < 4.78 is 1.11. The fourth-order valence-electron chi connectivity index (χ4n) is 1.51. The molecule has 0 unspecified atom stereocenters. The molecule has 4 nitrogen and oxygen atoms in total. The molecule has 6 heteroatoms. The lowest BCUT2D eigenvalue weighted by Crippen LogP contribution is -2.27. The average Bonchev–Trinajstić information content (AvgIpc) is 2.83. The van der Waals surface area contributed by atoms with Gasteiger partial charge in [-0.1, -0.05) is 0 Å². The summed E-state index contributed by atoms with van der Waals surface area (Å²) in [6.45, 7) is 1.84. The van der Waals surface area contributed by atoms with E-state index in [1.54, 1.807) is 11.3 Å². The fourth-order valence-corrected chi connectivity index (χ4v) is 2.86. The van der Waals surface area contributed by atoms with E-state index in [1.807, 2.05) is 38.4 Å². The van der Waals surface area contributed by atoms with E-state index in [9.17, 15) is 0 Å². The SMILES string of the molecule is CNCCN(C)c1ccc(-c2ccc(Br)s2)nn1. The number of likely N-dealkylation sites (N-methyl/N-ethyl adjacent to an activating group) is 2. The van der Waals surface area contributed by atoms with Gasteiger partial charge in [0.05, 0.1) is 8.66 Å². The Morgan fingerprint density at radius 3 is 2.67 bits per heavy atom. The first-order valence-electron chi connectivity index (χ1n) is 5.66. The van der Waals surface area contributed by atoms with Crippen molar-refractivity contribution in [1.29, 1.82) is 0 Å². The number of anilines is 1. The molecule has 0 spiro atoms. The second-order valence-electron chi connectivity index (χ2n) is 3.91. The van der Waals surface area contributed by atoms with Crippen molar-refractivity contribution in [2.75, 3.05) is 32.1 Å². The topological polar surface area (TPSA) is 41.0 Å². The third-order valence-electron chi connectivity index (χ3n) is 2.56. The van der Waals surface area contributed by atoms with Crippen LogP contribution in [0.15, 0.2) is 28.1 Å². The van der Waals surface area contributed by atoms with Crippen LogP contribution in [-0.2, 0) is 0 Å². The summed E-state index contributed by atoms with van der Waals surface area (Å²) in [7, 11) is 3.96. The van der Waals surface area contributed by atoms with Crippen molar-refractivity contribution in [2.24, 2.45) is 0 Å². The first-order valence-corrected chi connectivity index (χ1v) is 7.27. The number of hydrogen-bond acceptors (Lipinski definition) is 5. The van der Waals surface area contributed by atoms with Crippen molar-refractivity contribution >= 4 is 33.1 Å². The van der Waals surface area contributed by atoms with E-state index < -0.39 is 0 Å². The molecule has 0 atom stereocenters. The number of nitrogens with one attached hydrogen (secondary N) is 1. The predicted molar refractivity (Wildman–Crippen MR) is 80.2 cm³/mol. The van der Waals surface area contributed by atoms with Crippen LogP contribution in [-0.4, -0.2) is 37.4 Å². The Morgan fingerprint density at radius 2 is 2.11 bits per heavy atom. The summed E-state index contributed by atoms with van der Waals surface area (Å²) in [6, 6.07) is 8.08. The zero-order chi connectivity index (χ0) is 13.0. The van der Waals surface area contributed by atoms with Crippen LogP contribution < -0.4 is 10.2 Å².